The number of nitro groups is 1. The summed E-state index contributed by atoms with van der Waals surface area (Å²) in [6, 6.07) is 17.0. The lowest BCUT2D eigenvalue weighted by molar-refractivity contribution is -0.386. The Balaban J connectivity index is 1.02. The van der Waals surface area contributed by atoms with Gasteiger partial charge in [-0.05, 0) is 87.4 Å². The van der Waals surface area contributed by atoms with Gasteiger partial charge in [0.25, 0.3) is 5.91 Å². The molecule has 0 aliphatic carbocycles. The second-order valence-electron chi connectivity index (χ2n) is 13.4. The first kappa shape index (κ1) is 39.2. The zero-order chi connectivity index (χ0) is 38.0. The standard InChI is InChI=1S/C40H52N6O7S/c1-5-43-19-21-44(22-20-43)29-14-17-33-34(25-29)42-38(41-33)28-12-15-30(16-13-28)52-23-8-9-24-53-36-27-31(50-4)26-32(37(36)46(48)49)39(47)45-18-10-11-35(45)40(51-6-2)54-7-3/h12-17,25-27,35,40H,5-11,18-24H2,1-4H3,(H,41,42)/t35-,40?/m0/s1. The van der Waals surface area contributed by atoms with E-state index in [1.54, 1.807) is 16.7 Å². The van der Waals surface area contributed by atoms with Crippen molar-refractivity contribution in [2.45, 2.75) is 57.9 Å². The van der Waals surface area contributed by atoms with E-state index in [-0.39, 0.29) is 35.1 Å². The predicted molar refractivity (Wildman–Crippen MR) is 213 cm³/mol. The Hall–Kier alpha value is -4.53. The summed E-state index contributed by atoms with van der Waals surface area (Å²) in [6.07, 6.45) is 2.82. The number of nitrogens with zero attached hydrogens (tertiary/aromatic N) is 5. The number of likely N-dealkylation sites (tertiary alicyclic amines) is 1. The van der Waals surface area contributed by atoms with Gasteiger partial charge in [0, 0.05) is 62.7 Å². The number of thioether (sulfide) groups is 1. The number of nitro benzene ring substituents is 1. The highest BCUT2D eigenvalue weighted by atomic mass is 32.2. The van der Waals surface area contributed by atoms with Crippen LogP contribution < -0.4 is 19.1 Å². The summed E-state index contributed by atoms with van der Waals surface area (Å²) in [6.45, 7) is 13.2. The van der Waals surface area contributed by atoms with Crippen LogP contribution in [0.5, 0.6) is 17.2 Å². The lowest BCUT2D eigenvalue weighted by Crippen LogP contribution is -2.46. The zero-order valence-electron chi connectivity index (χ0n) is 31.8. The summed E-state index contributed by atoms with van der Waals surface area (Å²) >= 11 is 1.64. The molecule has 1 unspecified atom stereocenters. The van der Waals surface area contributed by atoms with Gasteiger partial charge in [0.05, 0.1) is 42.3 Å². The van der Waals surface area contributed by atoms with Gasteiger partial charge >= 0.3 is 5.69 Å². The van der Waals surface area contributed by atoms with Crippen molar-refractivity contribution in [1.29, 1.82) is 0 Å². The highest BCUT2D eigenvalue weighted by Crippen LogP contribution is 2.39. The third-order valence-electron chi connectivity index (χ3n) is 10.1. The van der Waals surface area contributed by atoms with Crippen LogP contribution in [0.25, 0.3) is 22.4 Å². The molecule has 1 N–H and O–H groups in total. The maximum absolute atomic E-state index is 13.9. The van der Waals surface area contributed by atoms with E-state index in [4.69, 9.17) is 23.9 Å². The minimum Gasteiger partial charge on any atom is -0.497 e. The number of methoxy groups -OCH3 is 1. The number of hydrogen-bond donors (Lipinski definition) is 1. The van der Waals surface area contributed by atoms with Crippen LogP contribution in [0.4, 0.5) is 11.4 Å². The number of likely N-dealkylation sites (N-methyl/N-ethyl adjacent to an activating group) is 1. The lowest BCUT2D eigenvalue weighted by Gasteiger charge is -2.35. The fourth-order valence-corrected chi connectivity index (χ4v) is 8.25. The maximum atomic E-state index is 13.9. The van der Waals surface area contributed by atoms with Gasteiger partial charge in [-0.25, -0.2) is 4.98 Å². The molecule has 4 aromatic rings. The van der Waals surface area contributed by atoms with Crippen molar-refractivity contribution in [2.75, 3.05) is 76.9 Å². The number of H-pyrrole nitrogens is 1. The molecule has 2 aliphatic heterocycles. The number of aromatic nitrogens is 2. The molecule has 0 bridgehead atoms. The van der Waals surface area contributed by atoms with Crippen molar-refractivity contribution in [3.8, 4) is 28.6 Å². The van der Waals surface area contributed by atoms with Crippen molar-refractivity contribution in [3.63, 3.8) is 0 Å². The SMILES string of the molecule is CCOC(SCC)[C@@H]1CCCN1C(=O)c1cc(OC)cc(OCCCCOc2ccc(-c3nc4ccc(N5CCN(CC)CC5)cc4[nH]3)cc2)c1[N+](=O)[O-]. The Morgan fingerprint density at radius 2 is 1.74 bits per heavy atom. The highest BCUT2D eigenvalue weighted by Gasteiger charge is 2.39. The molecule has 3 aromatic carbocycles. The summed E-state index contributed by atoms with van der Waals surface area (Å²) in [4.78, 5) is 40.7. The van der Waals surface area contributed by atoms with Crippen molar-refractivity contribution in [1.82, 2.24) is 19.8 Å². The number of fused-ring (bicyclic) bond motifs is 1. The van der Waals surface area contributed by atoms with E-state index in [0.29, 0.717) is 38.3 Å². The smallest absolute Gasteiger partial charge is 0.323 e. The number of aromatic amines is 1. The van der Waals surface area contributed by atoms with E-state index in [1.165, 1.54) is 24.9 Å². The average Bonchev–Trinajstić information content (AvgIpc) is 3.86. The van der Waals surface area contributed by atoms with E-state index >= 15 is 0 Å². The van der Waals surface area contributed by atoms with Crippen molar-refractivity contribution >= 4 is 40.1 Å². The normalized spacial score (nSPS) is 16.9. The molecule has 0 radical (unpaired) electrons. The van der Waals surface area contributed by atoms with E-state index in [1.807, 2.05) is 38.1 Å². The summed E-state index contributed by atoms with van der Waals surface area (Å²) in [7, 11) is 1.47. The Kier molecular flexibility index (Phi) is 13.5. The van der Waals surface area contributed by atoms with Crippen LogP contribution in [-0.4, -0.2) is 114 Å². The number of piperazine rings is 1. The largest absolute Gasteiger partial charge is 0.497 e. The van der Waals surface area contributed by atoms with Gasteiger partial charge in [-0.2, -0.15) is 0 Å². The number of ether oxygens (including phenoxy) is 4. The third kappa shape index (κ3) is 9.22. The van der Waals surface area contributed by atoms with Crippen LogP contribution in [-0.2, 0) is 4.74 Å². The van der Waals surface area contributed by atoms with E-state index in [9.17, 15) is 14.9 Å². The van der Waals surface area contributed by atoms with Crippen molar-refractivity contribution < 1.29 is 28.7 Å². The number of hydrogen-bond acceptors (Lipinski definition) is 11. The molecule has 14 heteroatoms. The molecule has 0 spiro atoms. The van der Waals surface area contributed by atoms with Crippen LogP contribution in [0.2, 0.25) is 0 Å². The topological polar surface area (TPSA) is 136 Å². The average molecular weight is 761 g/mol. The van der Waals surface area contributed by atoms with Crippen LogP contribution in [0, 0.1) is 10.1 Å². The number of carbonyl (C=O) groups is 1. The number of rotatable bonds is 18. The molecule has 2 fully saturated rings. The number of carbonyl (C=O) groups excluding carboxylic acids is 1. The molecule has 1 aromatic heterocycles. The monoisotopic (exact) mass is 760 g/mol. The van der Waals surface area contributed by atoms with Crippen molar-refractivity contribution in [3.05, 3.63) is 70.3 Å². The number of unbranched alkanes of at least 4 members (excludes halogenated alkanes) is 1. The van der Waals surface area contributed by atoms with Crippen LogP contribution in [0.3, 0.4) is 0 Å². The highest BCUT2D eigenvalue weighted by molar-refractivity contribution is 7.99. The summed E-state index contributed by atoms with van der Waals surface area (Å²) < 4.78 is 23.4. The van der Waals surface area contributed by atoms with Gasteiger partial charge in [-0.1, -0.05) is 13.8 Å². The molecule has 2 saturated heterocycles. The minimum absolute atomic E-state index is 0.0101. The Labute approximate surface area is 321 Å². The molecule has 2 aliphatic rings. The summed E-state index contributed by atoms with van der Waals surface area (Å²) in [5.74, 6) is 2.29. The number of imidazole rings is 1. The molecule has 2 atom stereocenters. The lowest BCUT2D eigenvalue weighted by atomic mass is 10.1. The van der Waals surface area contributed by atoms with Crippen LogP contribution in [0.1, 0.15) is 56.8 Å². The van der Waals surface area contributed by atoms with Gasteiger partial charge in [0.1, 0.15) is 28.3 Å². The second-order valence-corrected chi connectivity index (χ2v) is 14.8. The van der Waals surface area contributed by atoms with Gasteiger partial charge in [-0.15, -0.1) is 11.8 Å². The molecule has 1 amide bonds. The van der Waals surface area contributed by atoms with E-state index < -0.39 is 10.8 Å². The first-order valence-corrected chi connectivity index (χ1v) is 20.1. The number of benzene rings is 3. The summed E-state index contributed by atoms with van der Waals surface area (Å²) in [5.41, 5.74) is 3.54. The third-order valence-corrected chi connectivity index (χ3v) is 11.2. The molecule has 290 valence electrons. The fraction of sp³-hybridized carbons (Fsp3) is 0.500. The molecule has 54 heavy (non-hydrogen) atoms. The number of anilines is 1. The molecular weight excluding hydrogens is 709 g/mol. The Bertz CT molecular complexity index is 1860. The number of nitrogens with one attached hydrogen (secondary N) is 1. The molecule has 0 saturated carbocycles. The predicted octanol–water partition coefficient (Wildman–Crippen LogP) is 7.25. The maximum Gasteiger partial charge on any atom is 0.323 e. The Morgan fingerprint density at radius 3 is 2.43 bits per heavy atom. The van der Waals surface area contributed by atoms with Gasteiger partial charge in [-0.3, -0.25) is 14.9 Å². The van der Waals surface area contributed by atoms with Crippen LogP contribution >= 0.6 is 11.8 Å². The van der Waals surface area contributed by atoms with Gasteiger partial charge in [0.15, 0.2) is 0 Å². The van der Waals surface area contributed by atoms with E-state index in [2.05, 4.69) is 39.9 Å². The fourth-order valence-electron chi connectivity index (χ4n) is 7.18. The van der Waals surface area contributed by atoms with Crippen LogP contribution in [0.15, 0.2) is 54.6 Å². The second kappa shape index (κ2) is 18.7. The number of amides is 1. The van der Waals surface area contributed by atoms with Gasteiger partial charge in [0.2, 0.25) is 5.75 Å². The minimum atomic E-state index is -0.543. The zero-order valence-corrected chi connectivity index (χ0v) is 32.6. The Morgan fingerprint density at radius 1 is 0.981 bits per heavy atom. The first-order valence-electron chi connectivity index (χ1n) is 19.1. The summed E-state index contributed by atoms with van der Waals surface area (Å²) in [5, 5.41) is 12.4. The van der Waals surface area contributed by atoms with Crippen molar-refractivity contribution in [2.24, 2.45) is 0 Å². The van der Waals surface area contributed by atoms with E-state index in [0.717, 1.165) is 79.5 Å². The van der Waals surface area contributed by atoms with Gasteiger partial charge < -0.3 is 38.6 Å². The quantitative estimate of drug-likeness (QED) is 0.0476. The molecular formula is C40H52N6O7S. The molecule has 3 heterocycles. The molecule has 6 rings (SSSR count). The molecule has 13 nitrogen and oxygen atoms in total. The first-order chi connectivity index (χ1) is 26.3.